The van der Waals surface area contributed by atoms with Crippen molar-refractivity contribution in [1.29, 1.82) is 0 Å². The molecule has 0 aliphatic carbocycles. The highest BCUT2D eigenvalue weighted by Crippen LogP contribution is 2.21. The Bertz CT molecular complexity index is 890. The molecule has 1 N–H and O–H groups in total. The van der Waals surface area contributed by atoms with Crippen LogP contribution in [0.5, 0.6) is 0 Å². The molecule has 158 valence electrons. The van der Waals surface area contributed by atoms with Crippen molar-refractivity contribution >= 4 is 28.6 Å². The van der Waals surface area contributed by atoms with Gasteiger partial charge in [0.15, 0.2) is 5.16 Å². The zero-order valence-corrected chi connectivity index (χ0v) is 18.3. The Morgan fingerprint density at radius 2 is 2.10 bits per heavy atom. The average molecular weight is 418 g/mol. The normalized spacial score (nSPS) is 17.7. The molecule has 7 heteroatoms. The Labute approximate surface area is 176 Å². The molecule has 3 rings (SSSR count). The Kier molecular flexibility index (Phi) is 7.72. The lowest BCUT2D eigenvalue weighted by atomic mass is 10.0. The van der Waals surface area contributed by atoms with E-state index in [0.29, 0.717) is 28.5 Å². The molecular formula is C22H31N3O3S. The second-order valence-electron chi connectivity index (χ2n) is 8.19. The predicted octanol–water partition coefficient (Wildman–Crippen LogP) is 3.61. The van der Waals surface area contributed by atoms with Gasteiger partial charge in [-0.05, 0) is 50.7 Å². The first kappa shape index (κ1) is 21.8. The van der Waals surface area contributed by atoms with Crippen LogP contribution in [0.25, 0.3) is 10.9 Å². The van der Waals surface area contributed by atoms with E-state index in [1.165, 1.54) is 11.8 Å². The summed E-state index contributed by atoms with van der Waals surface area (Å²) in [4.78, 5) is 30.1. The average Bonchev–Trinajstić information content (AvgIpc) is 3.20. The molecular weight excluding hydrogens is 386 g/mol. The lowest BCUT2D eigenvalue weighted by Crippen LogP contribution is -2.34. The highest BCUT2D eigenvalue weighted by Gasteiger charge is 2.21. The van der Waals surface area contributed by atoms with Crippen molar-refractivity contribution in [3.63, 3.8) is 0 Å². The molecule has 1 aromatic heterocycles. The number of thioether (sulfide) groups is 1. The summed E-state index contributed by atoms with van der Waals surface area (Å²) in [5.41, 5.74) is 0.591. The lowest BCUT2D eigenvalue weighted by Gasteiger charge is -2.17. The van der Waals surface area contributed by atoms with Gasteiger partial charge < -0.3 is 10.1 Å². The third-order valence-corrected chi connectivity index (χ3v) is 6.13. The number of nitrogens with one attached hydrogen (secondary N) is 1. The second kappa shape index (κ2) is 10.3. The summed E-state index contributed by atoms with van der Waals surface area (Å²) in [6.07, 6.45) is 4.03. The van der Waals surface area contributed by atoms with Crippen LogP contribution in [0.1, 0.15) is 46.5 Å². The molecule has 1 aromatic carbocycles. The van der Waals surface area contributed by atoms with E-state index in [2.05, 4.69) is 24.1 Å². The molecule has 1 aliphatic heterocycles. The van der Waals surface area contributed by atoms with E-state index in [1.807, 2.05) is 25.1 Å². The first-order chi connectivity index (χ1) is 13.9. The molecule has 1 amide bonds. The molecule has 1 saturated heterocycles. The number of hydrogen-bond acceptors (Lipinski definition) is 5. The van der Waals surface area contributed by atoms with Crippen molar-refractivity contribution in [3.8, 4) is 0 Å². The molecule has 0 unspecified atom stereocenters. The standard InChI is InChI=1S/C22H31N3O3S/c1-15(2)10-11-16(3)23-20(26)14-29-22-24-19-9-5-4-8-18(19)21(27)25(22)13-17-7-6-12-28-17/h4-5,8-9,15-17H,6-7,10-14H2,1-3H3,(H,23,26)/t16-,17+/m1/s1. The van der Waals surface area contributed by atoms with Crippen molar-refractivity contribution in [2.75, 3.05) is 12.4 Å². The fourth-order valence-electron chi connectivity index (χ4n) is 3.51. The largest absolute Gasteiger partial charge is 0.376 e. The highest BCUT2D eigenvalue weighted by molar-refractivity contribution is 7.99. The van der Waals surface area contributed by atoms with Crippen LogP contribution >= 0.6 is 11.8 Å². The van der Waals surface area contributed by atoms with Gasteiger partial charge in [0.1, 0.15) is 0 Å². The highest BCUT2D eigenvalue weighted by atomic mass is 32.2. The summed E-state index contributed by atoms with van der Waals surface area (Å²) in [6, 6.07) is 7.50. The summed E-state index contributed by atoms with van der Waals surface area (Å²) in [6.45, 7) is 7.61. The molecule has 2 heterocycles. The lowest BCUT2D eigenvalue weighted by molar-refractivity contribution is -0.119. The summed E-state index contributed by atoms with van der Waals surface area (Å²) in [5.74, 6) is 0.831. The Morgan fingerprint density at radius 3 is 2.83 bits per heavy atom. The van der Waals surface area contributed by atoms with Crippen LogP contribution < -0.4 is 10.9 Å². The molecule has 2 atom stereocenters. The zero-order valence-electron chi connectivity index (χ0n) is 17.5. The van der Waals surface area contributed by atoms with Gasteiger partial charge in [-0.3, -0.25) is 14.2 Å². The van der Waals surface area contributed by atoms with Crippen molar-refractivity contribution in [2.24, 2.45) is 5.92 Å². The van der Waals surface area contributed by atoms with Gasteiger partial charge in [0.2, 0.25) is 5.91 Å². The molecule has 2 aromatic rings. The molecule has 1 fully saturated rings. The minimum absolute atomic E-state index is 0.0277. The van der Waals surface area contributed by atoms with E-state index in [0.717, 1.165) is 32.3 Å². The van der Waals surface area contributed by atoms with Crippen LogP contribution in [-0.4, -0.2) is 40.0 Å². The summed E-state index contributed by atoms with van der Waals surface area (Å²) >= 11 is 1.32. The number of para-hydroxylation sites is 1. The number of rotatable bonds is 9. The van der Waals surface area contributed by atoms with E-state index in [9.17, 15) is 9.59 Å². The number of nitrogens with zero attached hydrogens (tertiary/aromatic N) is 2. The number of carbonyl (C=O) groups excluding carboxylic acids is 1. The van der Waals surface area contributed by atoms with Gasteiger partial charge in [-0.25, -0.2) is 4.98 Å². The zero-order chi connectivity index (χ0) is 20.8. The van der Waals surface area contributed by atoms with Gasteiger partial charge in [-0.15, -0.1) is 0 Å². The second-order valence-corrected chi connectivity index (χ2v) is 9.13. The SMILES string of the molecule is CC(C)CC[C@@H](C)NC(=O)CSc1nc2ccccc2c(=O)n1C[C@@H]1CCCO1. The number of ether oxygens (including phenoxy) is 1. The number of benzene rings is 1. The maximum atomic E-state index is 13.1. The molecule has 0 bridgehead atoms. The minimum atomic E-state index is -0.0701. The minimum Gasteiger partial charge on any atom is -0.376 e. The van der Waals surface area contributed by atoms with Gasteiger partial charge in [0.05, 0.1) is 29.3 Å². The van der Waals surface area contributed by atoms with E-state index in [1.54, 1.807) is 10.6 Å². The van der Waals surface area contributed by atoms with E-state index >= 15 is 0 Å². The van der Waals surface area contributed by atoms with Gasteiger partial charge in [-0.1, -0.05) is 37.7 Å². The van der Waals surface area contributed by atoms with Gasteiger partial charge in [0, 0.05) is 12.6 Å². The molecule has 29 heavy (non-hydrogen) atoms. The molecule has 0 radical (unpaired) electrons. The van der Waals surface area contributed by atoms with Crippen molar-refractivity contribution in [1.82, 2.24) is 14.9 Å². The van der Waals surface area contributed by atoms with Crippen LogP contribution in [0, 0.1) is 5.92 Å². The molecule has 0 spiro atoms. The summed E-state index contributed by atoms with van der Waals surface area (Å²) in [5, 5.41) is 4.23. The summed E-state index contributed by atoms with van der Waals surface area (Å²) in [7, 11) is 0. The van der Waals surface area contributed by atoms with Crippen molar-refractivity contribution < 1.29 is 9.53 Å². The quantitative estimate of drug-likeness (QED) is 0.498. The number of fused-ring (bicyclic) bond motifs is 1. The van der Waals surface area contributed by atoms with Gasteiger partial charge in [-0.2, -0.15) is 0 Å². The Hall–Kier alpha value is -1.86. The summed E-state index contributed by atoms with van der Waals surface area (Å²) < 4.78 is 7.41. The van der Waals surface area contributed by atoms with E-state index < -0.39 is 0 Å². The van der Waals surface area contributed by atoms with Crippen LogP contribution in [-0.2, 0) is 16.1 Å². The van der Waals surface area contributed by atoms with E-state index in [4.69, 9.17) is 4.74 Å². The fourth-order valence-corrected chi connectivity index (χ4v) is 4.33. The topological polar surface area (TPSA) is 73.2 Å². The maximum absolute atomic E-state index is 13.1. The monoisotopic (exact) mass is 417 g/mol. The third-order valence-electron chi connectivity index (χ3n) is 5.15. The fraction of sp³-hybridized carbons (Fsp3) is 0.591. The van der Waals surface area contributed by atoms with Crippen LogP contribution in [0.2, 0.25) is 0 Å². The number of amides is 1. The third kappa shape index (κ3) is 6.06. The van der Waals surface area contributed by atoms with Crippen LogP contribution in [0.3, 0.4) is 0 Å². The first-order valence-electron chi connectivity index (χ1n) is 10.5. The molecule has 1 aliphatic rings. The number of aromatic nitrogens is 2. The predicted molar refractivity (Wildman–Crippen MR) is 117 cm³/mol. The van der Waals surface area contributed by atoms with Gasteiger partial charge >= 0.3 is 0 Å². The first-order valence-corrected chi connectivity index (χ1v) is 11.5. The maximum Gasteiger partial charge on any atom is 0.262 e. The van der Waals surface area contributed by atoms with Crippen LogP contribution in [0.15, 0.2) is 34.2 Å². The van der Waals surface area contributed by atoms with Crippen molar-refractivity contribution in [3.05, 3.63) is 34.6 Å². The van der Waals surface area contributed by atoms with Crippen LogP contribution in [0.4, 0.5) is 0 Å². The van der Waals surface area contributed by atoms with E-state index in [-0.39, 0.29) is 29.4 Å². The Morgan fingerprint density at radius 1 is 1.31 bits per heavy atom. The molecule has 6 nitrogen and oxygen atoms in total. The Balaban J connectivity index is 1.73. The number of carbonyl (C=O) groups is 1. The van der Waals surface area contributed by atoms with Gasteiger partial charge in [0.25, 0.3) is 5.56 Å². The smallest absolute Gasteiger partial charge is 0.262 e. The molecule has 0 saturated carbocycles. The number of hydrogen-bond donors (Lipinski definition) is 1. The van der Waals surface area contributed by atoms with Crippen molar-refractivity contribution in [2.45, 2.75) is 70.3 Å².